The third kappa shape index (κ3) is 3.93. The molecule has 0 saturated carbocycles. The maximum Gasteiger partial charge on any atom is 0.417 e. The molecule has 0 bridgehead atoms. The first-order valence-electron chi connectivity index (χ1n) is 8.95. The van der Waals surface area contributed by atoms with E-state index in [4.69, 9.17) is 11.6 Å². The molecule has 2 aromatic carbocycles. The largest absolute Gasteiger partial charge is 0.417 e. The number of fused-ring (bicyclic) bond motifs is 1. The van der Waals surface area contributed by atoms with Gasteiger partial charge in [-0.05, 0) is 50.2 Å². The molecule has 0 fully saturated rings. The molecule has 0 radical (unpaired) electrons. The average Bonchev–Trinajstić information content (AvgIpc) is 3.22. The van der Waals surface area contributed by atoms with Crippen LogP contribution < -0.4 is 5.43 Å². The maximum atomic E-state index is 13.2. The Morgan fingerprint density at radius 2 is 1.90 bits per heavy atom. The van der Waals surface area contributed by atoms with E-state index >= 15 is 0 Å². The van der Waals surface area contributed by atoms with Crippen molar-refractivity contribution in [3.8, 4) is 5.69 Å². The number of alkyl halides is 3. The maximum absolute atomic E-state index is 13.2. The highest BCUT2D eigenvalue weighted by Gasteiger charge is 2.33. The van der Waals surface area contributed by atoms with Crippen LogP contribution in [0.1, 0.15) is 22.5 Å². The van der Waals surface area contributed by atoms with Crippen LogP contribution in [0.4, 0.5) is 18.3 Å². The van der Waals surface area contributed by atoms with Crippen molar-refractivity contribution in [3.05, 3.63) is 76.1 Å². The van der Waals surface area contributed by atoms with Gasteiger partial charge >= 0.3 is 6.18 Å². The minimum Gasteiger partial charge on any atom is -0.318 e. The normalized spacial score (nSPS) is 12.2. The molecular formula is C21H16ClF3N4S. The van der Waals surface area contributed by atoms with E-state index in [9.17, 15) is 13.2 Å². The van der Waals surface area contributed by atoms with Crippen molar-refractivity contribution >= 4 is 44.5 Å². The Bertz CT molecular complexity index is 1220. The molecule has 2 aromatic heterocycles. The Hall–Kier alpha value is -2.84. The fourth-order valence-corrected chi connectivity index (χ4v) is 4.30. The van der Waals surface area contributed by atoms with Gasteiger partial charge in [-0.1, -0.05) is 35.1 Å². The molecule has 0 aliphatic rings. The summed E-state index contributed by atoms with van der Waals surface area (Å²) in [5.41, 5.74) is 5.66. The van der Waals surface area contributed by atoms with Gasteiger partial charge in [0.15, 0.2) is 0 Å². The minimum absolute atomic E-state index is 0.324. The van der Waals surface area contributed by atoms with Crippen LogP contribution in [0.25, 0.3) is 15.9 Å². The van der Waals surface area contributed by atoms with Crippen LogP contribution >= 0.6 is 22.9 Å². The summed E-state index contributed by atoms with van der Waals surface area (Å²) in [6, 6.07) is 13.5. The third-order valence-electron chi connectivity index (χ3n) is 4.64. The van der Waals surface area contributed by atoms with Gasteiger partial charge in [-0.2, -0.15) is 18.3 Å². The summed E-state index contributed by atoms with van der Waals surface area (Å²) in [4.78, 5) is 4.45. The molecule has 0 aliphatic heterocycles. The molecule has 0 unspecified atom stereocenters. The number of benzene rings is 2. The van der Waals surface area contributed by atoms with Gasteiger partial charge in [-0.15, -0.1) is 0 Å². The predicted molar refractivity (Wildman–Crippen MR) is 116 cm³/mol. The van der Waals surface area contributed by atoms with Gasteiger partial charge in [0.05, 0.1) is 27.0 Å². The number of hydrogen-bond acceptors (Lipinski definition) is 4. The molecule has 0 atom stereocenters. The first kappa shape index (κ1) is 20.4. The van der Waals surface area contributed by atoms with E-state index < -0.39 is 11.7 Å². The number of hydrogen-bond donors (Lipinski definition) is 1. The monoisotopic (exact) mass is 448 g/mol. The Kier molecular flexibility index (Phi) is 5.29. The van der Waals surface area contributed by atoms with Crippen LogP contribution in [0.3, 0.4) is 0 Å². The first-order valence-corrected chi connectivity index (χ1v) is 10.1. The summed E-state index contributed by atoms with van der Waals surface area (Å²) < 4.78 is 42.5. The topological polar surface area (TPSA) is 42.2 Å². The van der Waals surface area contributed by atoms with Gasteiger partial charge in [-0.3, -0.25) is 5.43 Å². The van der Waals surface area contributed by atoms with E-state index in [1.54, 1.807) is 16.8 Å². The van der Waals surface area contributed by atoms with E-state index in [1.807, 2.05) is 44.2 Å². The van der Waals surface area contributed by atoms with Crippen LogP contribution in [0.15, 0.2) is 53.6 Å². The van der Waals surface area contributed by atoms with Crippen molar-refractivity contribution in [2.24, 2.45) is 5.10 Å². The Balaban J connectivity index is 1.61. The number of rotatable bonds is 4. The van der Waals surface area contributed by atoms with Gasteiger partial charge < -0.3 is 4.57 Å². The minimum atomic E-state index is -4.52. The number of hydrazone groups is 1. The van der Waals surface area contributed by atoms with Crippen molar-refractivity contribution in [1.29, 1.82) is 0 Å². The smallest absolute Gasteiger partial charge is 0.318 e. The van der Waals surface area contributed by atoms with E-state index in [0.29, 0.717) is 10.8 Å². The Labute approximate surface area is 179 Å². The summed E-state index contributed by atoms with van der Waals surface area (Å²) in [6.07, 6.45) is -2.89. The summed E-state index contributed by atoms with van der Waals surface area (Å²) in [7, 11) is 0. The van der Waals surface area contributed by atoms with E-state index in [2.05, 4.69) is 15.5 Å². The fourth-order valence-electron chi connectivity index (χ4n) is 3.26. The summed E-state index contributed by atoms with van der Waals surface area (Å²) >= 11 is 7.23. The lowest BCUT2D eigenvalue weighted by Crippen LogP contribution is -2.08. The number of nitrogens with zero attached hydrogens (tertiary/aromatic N) is 3. The van der Waals surface area contributed by atoms with E-state index in [-0.39, 0.29) is 5.02 Å². The molecule has 2 heterocycles. The molecule has 1 N–H and O–H groups in total. The number of thiazole rings is 1. The Morgan fingerprint density at radius 1 is 1.13 bits per heavy atom. The van der Waals surface area contributed by atoms with Gasteiger partial charge in [-0.25, -0.2) is 4.98 Å². The van der Waals surface area contributed by atoms with Crippen molar-refractivity contribution in [2.45, 2.75) is 20.0 Å². The predicted octanol–water partition coefficient (Wildman–Crippen LogP) is 6.82. The summed E-state index contributed by atoms with van der Waals surface area (Å²) in [5.74, 6) is 0. The average molecular weight is 449 g/mol. The second-order valence-corrected chi connectivity index (χ2v) is 8.12. The van der Waals surface area contributed by atoms with Crippen LogP contribution in [0.2, 0.25) is 5.02 Å². The van der Waals surface area contributed by atoms with Gasteiger partial charge in [0.1, 0.15) is 0 Å². The zero-order valence-corrected chi connectivity index (χ0v) is 17.5. The number of aryl methyl sites for hydroxylation is 1. The van der Waals surface area contributed by atoms with Crippen LogP contribution in [-0.4, -0.2) is 15.8 Å². The van der Waals surface area contributed by atoms with Gasteiger partial charge in [0, 0.05) is 22.6 Å². The molecule has 4 aromatic rings. The van der Waals surface area contributed by atoms with Crippen LogP contribution in [0.5, 0.6) is 0 Å². The lowest BCUT2D eigenvalue weighted by molar-refractivity contribution is -0.137. The quantitative estimate of drug-likeness (QED) is 0.275. The third-order valence-corrected chi connectivity index (χ3v) is 5.91. The molecule has 4 rings (SSSR count). The molecule has 154 valence electrons. The van der Waals surface area contributed by atoms with E-state index in [0.717, 1.165) is 33.2 Å². The van der Waals surface area contributed by atoms with Crippen molar-refractivity contribution in [2.75, 3.05) is 5.43 Å². The highest BCUT2D eigenvalue weighted by atomic mass is 35.5. The molecule has 0 spiro atoms. The second kappa shape index (κ2) is 7.77. The van der Waals surface area contributed by atoms with Gasteiger partial charge in [0.2, 0.25) is 5.13 Å². The second-order valence-electron chi connectivity index (χ2n) is 6.68. The summed E-state index contributed by atoms with van der Waals surface area (Å²) in [6.45, 7) is 3.65. The number of aromatic nitrogens is 2. The highest BCUT2D eigenvalue weighted by Crippen LogP contribution is 2.36. The van der Waals surface area contributed by atoms with Crippen LogP contribution in [-0.2, 0) is 6.18 Å². The number of nitrogens with one attached hydrogen (secondary N) is 1. The molecule has 9 heteroatoms. The van der Waals surface area contributed by atoms with E-state index in [1.165, 1.54) is 17.4 Å². The van der Waals surface area contributed by atoms with Crippen LogP contribution in [0, 0.1) is 13.8 Å². The molecule has 0 saturated heterocycles. The van der Waals surface area contributed by atoms with Gasteiger partial charge in [0.25, 0.3) is 0 Å². The molecule has 30 heavy (non-hydrogen) atoms. The lowest BCUT2D eigenvalue weighted by atomic mass is 10.2. The number of anilines is 1. The molecule has 0 amide bonds. The molecule has 4 nitrogen and oxygen atoms in total. The Morgan fingerprint density at radius 3 is 2.63 bits per heavy atom. The standard InChI is InChI=1S/C21H16ClF3N4S/c1-12-9-14(11-26-28-20-27-18-5-3-4-6-19(18)30-20)13(2)29(12)15-7-8-17(22)16(10-15)21(23,24)25/h3-11H,1-2H3,(H,27,28)/b26-11+. The van der Waals surface area contributed by atoms with Crippen molar-refractivity contribution in [3.63, 3.8) is 0 Å². The fraction of sp³-hybridized carbons (Fsp3) is 0.143. The SMILES string of the molecule is Cc1cc(/C=N/Nc2nc3ccccc3s2)c(C)n1-c1ccc(Cl)c(C(F)(F)F)c1. The van der Waals surface area contributed by atoms with Crippen molar-refractivity contribution < 1.29 is 13.2 Å². The molecular weight excluding hydrogens is 433 g/mol. The first-order chi connectivity index (χ1) is 14.2. The number of halogens is 4. The highest BCUT2D eigenvalue weighted by molar-refractivity contribution is 7.22. The number of para-hydroxylation sites is 1. The lowest BCUT2D eigenvalue weighted by Gasteiger charge is -2.14. The zero-order chi connectivity index (χ0) is 21.5. The zero-order valence-electron chi connectivity index (χ0n) is 16.0. The summed E-state index contributed by atoms with van der Waals surface area (Å²) in [5, 5.41) is 4.58. The molecule has 0 aliphatic carbocycles. The van der Waals surface area contributed by atoms with Crippen molar-refractivity contribution in [1.82, 2.24) is 9.55 Å².